The topological polar surface area (TPSA) is 0 Å². The van der Waals surface area contributed by atoms with Crippen molar-refractivity contribution in [2.45, 2.75) is 37.5 Å². The molecule has 0 radical (unpaired) electrons. The highest BCUT2D eigenvalue weighted by Gasteiger charge is 2.18. The highest BCUT2D eigenvalue weighted by Crippen LogP contribution is 2.14. The first kappa shape index (κ1) is 9.65. The Morgan fingerprint density at radius 1 is 1.33 bits per heavy atom. The van der Waals surface area contributed by atoms with E-state index in [0.717, 1.165) is 0 Å². The van der Waals surface area contributed by atoms with Crippen molar-refractivity contribution in [1.82, 2.24) is 0 Å². The van der Waals surface area contributed by atoms with Crippen molar-refractivity contribution >= 4 is 27.1 Å². The molecule has 0 aliphatic carbocycles. The van der Waals surface area contributed by atoms with Crippen LogP contribution in [0.15, 0.2) is 0 Å². The van der Waals surface area contributed by atoms with Gasteiger partial charge in [-0.2, -0.15) is 0 Å². The largest absolute Gasteiger partial charge is 0.0724 e. The van der Waals surface area contributed by atoms with Crippen LogP contribution >= 0.6 is 0 Å². The van der Waals surface area contributed by atoms with Gasteiger partial charge in [0, 0.05) is 16.9 Å². The first-order valence-corrected chi connectivity index (χ1v) is 11.9. The summed E-state index contributed by atoms with van der Waals surface area (Å²) in [5.41, 5.74) is 3.27. The third-order valence-corrected chi connectivity index (χ3v) is 17.3. The van der Waals surface area contributed by atoms with Gasteiger partial charge in [0.1, 0.15) is 0 Å². The van der Waals surface area contributed by atoms with Crippen LogP contribution in [0.3, 0.4) is 0 Å². The maximum absolute atomic E-state index is 2.55. The van der Waals surface area contributed by atoms with Gasteiger partial charge in [0.2, 0.25) is 0 Å². The van der Waals surface area contributed by atoms with E-state index in [1.165, 1.54) is 10.2 Å². The molecule has 0 aliphatic heterocycles. The second-order valence-electron chi connectivity index (χ2n) is 4.12. The van der Waals surface area contributed by atoms with Gasteiger partial charge in [0.15, 0.2) is 0 Å². The van der Waals surface area contributed by atoms with Crippen LogP contribution in [-0.4, -0.2) is 27.1 Å². The van der Waals surface area contributed by atoms with Crippen LogP contribution in [0.25, 0.3) is 0 Å². The molecule has 0 aromatic carbocycles. The van der Waals surface area contributed by atoms with Gasteiger partial charge in [-0.05, 0) is 10.2 Å². The van der Waals surface area contributed by atoms with Crippen LogP contribution < -0.4 is 0 Å². The zero-order valence-electron chi connectivity index (χ0n) is 7.49. The van der Waals surface area contributed by atoms with Crippen LogP contribution in [0.4, 0.5) is 0 Å². The lowest BCUT2D eigenvalue weighted by Crippen LogP contribution is -2.30. The smallest absolute Gasteiger partial charge is 0.0410 e. The van der Waals surface area contributed by atoms with Gasteiger partial charge in [0.05, 0.1) is 0 Å². The van der Waals surface area contributed by atoms with E-state index in [1.54, 1.807) is 11.3 Å². The number of hydrogen-bond acceptors (Lipinski definition) is 0. The summed E-state index contributed by atoms with van der Waals surface area (Å²) in [7, 11) is 0.591. The summed E-state index contributed by atoms with van der Waals surface area (Å²) in [6.45, 7) is 10.1. The van der Waals surface area contributed by atoms with Crippen molar-refractivity contribution in [2.75, 3.05) is 0 Å². The van der Waals surface area contributed by atoms with Crippen molar-refractivity contribution in [2.24, 2.45) is 0 Å². The minimum atomic E-state index is -0.617. The summed E-state index contributed by atoms with van der Waals surface area (Å²) in [5.74, 6) is 0. The van der Waals surface area contributed by atoms with E-state index in [2.05, 4.69) is 26.2 Å². The second kappa shape index (κ2) is 3.73. The van der Waals surface area contributed by atoms with Gasteiger partial charge in [-0.3, -0.25) is 0 Å². The summed E-state index contributed by atoms with van der Waals surface area (Å²) >= 11 is 0. The fraction of sp³-hybridized carbons (Fsp3) is 1.00. The van der Waals surface area contributed by atoms with E-state index >= 15 is 0 Å². The van der Waals surface area contributed by atoms with E-state index in [4.69, 9.17) is 0 Å². The average Bonchev–Trinajstić information content (AvgIpc) is 1.63. The molecular weight excluding hydrogens is 156 g/mol. The van der Waals surface area contributed by atoms with Crippen molar-refractivity contribution in [3.8, 4) is 0 Å². The Labute approximate surface area is 65.1 Å². The Balaban J connectivity index is 3.58. The molecular formula is C6H20Si3. The summed E-state index contributed by atoms with van der Waals surface area (Å²) in [4.78, 5) is 0. The van der Waals surface area contributed by atoms with Gasteiger partial charge in [-0.15, -0.1) is 0 Å². The van der Waals surface area contributed by atoms with Crippen LogP contribution in [-0.2, 0) is 0 Å². The molecule has 0 bridgehead atoms. The minimum Gasteiger partial charge on any atom is -0.0724 e. The Morgan fingerprint density at radius 3 is 1.89 bits per heavy atom. The third-order valence-electron chi connectivity index (χ3n) is 1.92. The lowest BCUT2D eigenvalue weighted by Gasteiger charge is -2.21. The van der Waals surface area contributed by atoms with Gasteiger partial charge in [-0.1, -0.05) is 37.5 Å². The lowest BCUT2D eigenvalue weighted by molar-refractivity contribution is 1.55. The molecule has 0 fully saturated rings. The molecule has 0 aromatic heterocycles. The zero-order chi connectivity index (χ0) is 7.49. The van der Waals surface area contributed by atoms with Crippen LogP contribution in [0.5, 0.6) is 0 Å². The Hall–Kier alpha value is 0.651. The van der Waals surface area contributed by atoms with E-state index in [1.807, 2.05) is 0 Å². The summed E-state index contributed by atoms with van der Waals surface area (Å²) < 4.78 is 0. The summed E-state index contributed by atoms with van der Waals surface area (Å²) in [6.07, 6.45) is 0. The molecule has 3 heteroatoms. The van der Waals surface area contributed by atoms with E-state index < -0.39 is 8.07 Å². The molecule has 0 heterocycles. The predicted molar refractivity (Wildman–Crippen MR) is 55.9 cm³/mol. The highest BCUT2D eigenvalue weighted by atomic mass is 28.4. The van der Waals surface area contributed by atoms with Gasteiger partial charge in [0.25, 0.3) is 0 Å². The maximum Gasteiger partial charge on any atom is 0.0410 e. The summed E-state index contributed by atoms with van der Waals surface area (Å²) in [5, 5.41) is 0. The monoisotopic (exact) mass is 176 g/mol. The first-order chi connectivity index (χ1) is 3.98. The van der Waals surface area contributed by atoms with Gasteiger partial charge in [-0.25, -0.2) is 0 Å². The first-order valence-electron chi connectivity index (χ1n) is 3.98. The molecule has 0 aromatic rings. The zero-order valence-corrected chi connectivity index (χ0v) is 11.6. The normalized spacial score (nSPS) is 13.0. The van der Waals surface area contributed by atoms with Crippen LogP contribution in [0.2, 0.25) is 37.5 Å². The molecule has 0 spiro atoms. The molecule has 0 N–H and O–H groups in total. The molecule has 0 rings (SSSR count). The fourth-order valence-electron chi connectivity index (χ4n) is 1.25. The highest BCUT2D eigenvalue weighted by molar-refractivity contribution is 6.90. The molecule has 0 aliphatic rings. The molecule has 0 saturated heterocycles. The van der Waals surface area contributed by atoms with Crippen molar-refractivity contribution in [1.29, 1.82) is 0 Å². The Morgan fingerprint density at radius 2 is 1.78 bits per heavy atom. The maximum atomic E-state index is 2.55. The number of rotatable bonds is 3. The Bertz CT molecular complexity index is 78.4. The standard InChI is InChI=1S/C6H20Si3/c1-8(2)6-9(3,4)5-7/h8H,5-6H2,1-4,7H3. The quantitative estimate of drug-likeness (QED) is 0.564. The Kier molecular flexibility index (Phi) is 4.00. The third kappa shape index (κ3) is 5.11. The lowest BCUT2D eigenvalue weighted by atomic mass is 11.7. The predicted octanol–water partition coefficient (Wildman–Crippen LogP) is 1.04. The molecule has 9 heavy (non-hydrogen) atoms. The molecule has 56 valence electrons. The van der Waals surface area contributed by atoms with Crippen LogP contribution in [0.1, 0.15) is 0 Å². The molecule has 0 atom stereocenters. The molecule has 0 saturated carbocycles. The van der Waals surface area contributed by atoms with E-state index in [-0.39, 0.29) is 8.80 Å². The number of hydrogen-bond donors (Lipinski definition) is 0. The SMILES string of the molecule is C[SiH](C)C[Si](C)(C)C[SiH3]. The average molecular weight is 176 g/mol. The minimum absolute atomic E-state index is 0.229. The van der Waals surface area contributed by atoms with Gasteiger partial charge < -0.3 is 0 Å². The second-order valence-corrected chi connectivity index (χ2v) is 15.7. The van der Waals surface area contributed by atoms with E-state index in [0.29, 0.717) is 0 Å². The van der Waals surface area contributed by atoms with E-state index in [9.17, 15) is 0 Å². The van der Waals surface area contributed by atoms with Crippen LogP contribution in [0, 0.1) is 0 Å². The fourth-order valence-corrected chi connectivity index (χ4v) is 13.8. The van der Waals surface area contributed by atoms with Gasteiger partial charge >= 0.3 is 0 Å². The molecule has 0 unspecified atom stereocenters. The van der Waals surface area contributed by atoms with Crippen molar-refractivity contribution in [3.05, 3.63) is 0 Å². The molecule has 0 amide bonds. The van der Waals surface area contributed by atoms with Crippen molar-refractivity contribution < 1.29 is 0 Å². The summed E-state index contributed by atoms with van der Waals surface area (Å²) in [6, 6.07) is 0. The molecule has 0 nitrogen and oxygen atoms in total. The van der Waals surface area contributed by atoms with Crippen molar-refractivity contribution in [3.63, 3.8) is 0 Å².